The van der Waals surface area contributed by atoms with Crippen molar-refractivity contribution >= 4 is 0 Å². The van der Waals surface area contributed by atoms with E-state index in [-0.39, 0.29) is 5.82 Å². The summed E-state index contributed by atoms with van der Waals surface area (Å²) < 4.78 is 13.7. The summed E-state index contributed by atoms with van der Waals surface area (Å²) in [6.45, 7) is 1.61. The summed E-state index contributed by atoms with van der Waals surface area (Å²) in [7, 11) is 2.03. The van der Waals surface area contributed by atoms with Crippen LogP contribution in [0, 0.1) is 23.1 Å². The van der Waals surface area contributed by atoms with E-state index in [1.807, 2.05) is 7.05 Å². The zero-order valence-corrected chi connectivity index (χ0v) is 11.5. The van der Waals surface area contributed by atoms with Crippen LogP contribution in [-0.4, -0.2) is 18.5 Å². The fourth-order valence-electron chi connectivity index (χ4n) is 2.93. The average Bonchev–Trinajstić information content (AvgIpc) is 2.42. The van der Waals surface area contributed by atoms with Crippen molar-refractivity contribution in [1.82, 2.24) is 4.90 Å². The molecule has 0 atom stereocenters. The minimum absolute atomic E-state index is 0.213. The van der Waals surface area contributed by atoms with E-state index in [1.165, 1.54) is 44.2 Å². The van der Waals surface area contributed by atoms with Crippen molar-refractivity contribution in [1.29, 1.82) is 5.26 Å². The molecule has 2 nitrogen and oxygen atoms in total. The molecule has 1 aliphatic carbocycles. The average molecular weight is 260 g/mol. The number of hydrogen-bond donors (Lipinski definition) is 0. The summed E-state index contributed by atoms with van der Waals surface area (Å²) >= 11 is 0. The normalized spacial score (nSPS) is 16.5. The lowest BCUT2D eigenvalue weighted by Crippen LogP contribution is -2.27. The SMILES string of the molecule is CN(Cc1cc(C#N)ccc1F)CC1CCCCC1. The van der Waals surface area contributed by atoms with Gasteiger partial charge in [-0.15, -0.1) is 0 Å². The van der Waals surface area contributed by atoms with Gasteiger partial charge in [0.15, 0.2) is 0 Å². The highest BCUT2D eigenvalue weighted by Crippen LogP contribution is 2.24. The van der Waals surface area contributed by atoms with Crippen molar-refractivity contribution in [3.63, 3.8) is 0 Å². The van der Waals surface area contributed by atoms with Gasteiger partial charge in [-0.05, 0) is 44.0 Å². The van der Waals surface area contributed by atoms with Crippen molar-refractivity contribution in [2.75, 3.05) is 13.6 Å². The van der Waals surface area contributed by atoms with Crippen molar-refractivity contribution < 1.29 is 4.39 Å². The van der Waals surface area contributed by atoms with E-state index in [0.717, 1.165) is 12.5 Å². The molecule has 1 aromatic carbocycles. The highest BCUT2D eigenvalue weighted by atomic mass is 19.1. The molecule has 0 aromatic heterocycles. The molecule has 3 heteroatoms. The van der Waals surface area contributed by atoms with Gasteiger partial charge in [-0.2, -0.15) is 5.26 Å². The Morgan fingerprint density at radius 3 is 2.74 bits per heavy atom. The first-order chi connectivity index (χ1) is 9.19. The second kappa shape index (κ2) is 6.68. The first-order valence-corrected chi connectivity index (χ1v) is 7.06. The molecule has 0 aliphatic heterocycles. The molecule has 2 rings (SSSR count). The molecule has 1 aliphatic rings. The highest BCUT2D eigenvalue weighted by Gasteiger charge is 2.16. The molecule has 0 spiro atoms. The first-order valence-electron chi connectivity index (χ1n) is 7.06. The Morgan fingerprint density at radius 1 is 1.32 bits per heavy atom. The Kier molecular flexibility index (Phi) is 4.93. The van der Waals surface area contributed by atoms with Crippen molar-refractivity contribution in [2.45, 2.75) is 38.6 Å². The number of rotatable bonds is 4. The quantitative estimate of drug-likeness (QED) is 0.825. The summed E-state index contributed by atoms with van der Waals surface area (Å²) in [5, 5.41) is 8.86. The van der Waals surface area contributed by atoms with Gasteiger partial charge in [0.1, 0.15) is 5.82 Å². The second-order valence-corrected chi connectivity index (χ2v) is 5.62. The summed E-state index contributed by atoms with van der Waals surface area (Å²) in [6.07, 6.45) is 6.61. The summed E-state index contributed by atoms with van der Waals surface area (Å²) in [5.74, 6) is 0.537. The summed E-state index contributed by atoms with van der Waals surface area (Å²) in [5.41, 5.74) is 1.15. The Balaban J connectivity index is 1.94. The molecule has 0 N–H and O–H groups in total. The second-order valence-electron chi connectivity index (χ2n) is 5.62. The minimum Gasteiger partial charge on any atom is -0.302 e. The number of nitrogens with zero attached hydrogens (tertiary/aromatic N) is 2. The van der Waals surface area contributed by atoms with Crippen molar-refractivity contribution in [3.05, 3.63) is 35.1 Å². The lowest BCUT2D eigenvalue weighted by molar-refractivity contribution is 0.226. The molecular weight excluding hydrogens is 239 g/mol. The van der Waals surface area contributed by atoms with Crippen molar-refractivity contribution in [2.24, 2.45) is 5.92 Å². The van der Waals surface area contributed by atoms with E-state index >= 15 is 0 Å². The molecule has 0 bridgehead atoms. The third-order valence-corrected chi connectivity index (χ3v) is 3.91. The maximum Gasteiger partial charge on any atom is 0.127 e. The van der Waals surface area contributed by atoms with Gasteiger partial charge < -0.3 is 4.90 Å². The Hall–Kier alpha value is -1.40. The van der Waals surface area contributed by atoms with Crippen LogP contribution in [0.4, 0.5) is 4.39 Å². The first kappa shape index (κ1) is 14.0. The monoisotopic (exact) mass is 260 g/mol. The molecule has 0 heterocycles. The molecule has 0 amide bonds. The van der Waals surface area contributed by atoms with Crippen LogP contribution in [0.3, 0.4) is 0 Å². The van der Waals surface area contributed by atoms with Gasteiger partial charge in [-0.3, -0.25) is 0 Å². The molecule has 1 saturated carbocycles. The van der Waals surface area contributed by atoms with Crippen LogP contribution in [0.25, 0.3) is 0 Å². The van der Waals surface area contributed by atoms with Gasteiger partial charge >= 0.3 is 0 Å². The fraction of sp³-hybridized carbons (Fsp3) is 0.562. The topological polar surface area (TPSA) is 27.0 Å². The van der Waals surface area contributed by atoms with Crippen LogP contribution in [0.2, 0.25) is 0 Å². The van der Waals surface area contributed by atoms with Crippen molar-refractivity contribution in [3.8, 4) is 6.07 Å². The van der Waals surface area contributed by atoms with Gasteiger partial charge in [-0.25, -0.2) is 4.39 Å². The fourth-order valence-corrected chi connectivity index (χ4v) is 2.93. The standard InChI is InChI=1S/C16H21FN2/c1-19(11-13-5-3-2-4-6-13)12-15-9-14(10-18)7-8-16(15)17/h7-9,13H,2-6,11-12H2,1H3. The molecule has 102 valence electrons. The van der Waals surface area contributed by atoms with Gasteiger partial charge in [0.25, 0.3) is 0 Å². The Bertz CT molecular complexity index is 458. The third kappa shape index (κ3) is 4.04. The molecule has 1 fully saturated rings. The van der Waals surface area contributed by atoms with Crippen LogP contribution in [0.5, 0.6) is 0 Å². The molecule has 0 saturated heterocycles. The van der Waals surface area contributed by atoms with Crippen LogP contribution >= 0.6 is 0 Å². The highest BCUT2D eigenvalue weighted by molar-refractivity contribution is 5.33. The summed E-state index contributed by atoms with van der Waals surface area (Å²) in [6, 6.07) is 6.64. The number of halogens is 1. The molecule has 19 heavy (non-hydrogen) atoms. The van der Waals surface area contributed by atoms with Crippen LogP contribution in [0.1, 0.15) is 43.2 Å². The van der Waals surface area contributed by atoms with Crippen LogP contribution in [-0.2, 0) is 6.54 Å². The smallest absolute Gasteiger partial charge is 0.127 e. The van der Waals surface area contributed by atoms with E-state index in [9.17, 15) is 4.39 Å². The largest absolute Gasteiger partial charge is 0.302 e. The molecule has 1 aromatic rings. The van der Waals surface area contributed by atoms with E-state index in [1.54, 1.807) is 6.07 Å². The third-order valence-electron chi connectivity index (χ3n) is 3.91. The van der Waals surface area contributed by atoms with Gasteiger partial charge in [-0.1, -0.05) is 19.3 Å². The van der Waals surface area contributed by atoms with Gasteiger partial charge in [0.2, 0.25) is 0 Å². The predicted molar refractivity (Wildman–Crippen MR) is 74.0 cm³/mol. The van der Waals surface area contributed by atoms with E-state index in [2.05, 4.69) is 11.0 Å². The van der Waals surface area contributed by atoms with Gasteiger partial charge in [0, 0.05) is 18.7 Å². The zero-order chi connectivity index (χ0) is 13.7. The van der Waals surface area contributed by atoms with E-state index in [4.69, 9.17) is 5.26 Å². The maximum absolute atomic E-state index is 13.7. The lowest BCUT2D eigenvalue weighted by atomic mass is 9.89. The van der Waals surface area contributed by atoms with Crippen LogP contribution < -0.4 is 0 Å². The Morgan fingerprint density at radius 2 is 2.05 bits per heavy atom. The lowest BCUT2D eigenvalue weighted by Gasteiger charge is -2.27. The van der Waals surface area contributed by atoms with E-state index in [0.29, 0.717) is 17.7 Å². The number of nitriles is 1. The number of benzene rings is 1. The van der Waals surface area contributed by atoms with Crippen LogP contribution in [0.15, 0.2) is 18.2 Å². The molecule has 0 unspecified atom stereocenters. The summed E-state index contributed by atoms with van der Waals surface area (Å²) in [4.78, 5) is 2.18. The maximum atomic E-state index is 13.7. The molecule has 0 radical (unpaired) electrons. The Labute approximate surface area is 114 Å². The number of hydrogen-bond acceptors (Lipinski definition) is 2. The molecular formula is C16H21FN2. The minimum atomic E-state index is -0.213. The predicted octanol–water partition coefficient (Wildman–Crippen LogP) is 3.71. The zero-order valence-electron chi connectivity index (χ0n) is 11.5. The van der Waals surface area contributed by atoms with Gasteiger partial charge in [0.05, 0.1) is 11.6 Å². The van der Waals surface area contributed by atoms with E-state index < -0.39 is 0 Å².